The average molecular weight is 670 g/mol. The molecule has 238 valence electrons. The van der Waals surface area contributed by atoms with Crippen LogP contribution in [0.2, 0.25) is 0 Å². The lowest BCUT2D eigenvalue weighted by molar-refractivity contribution is -0.137. The Morgan fingerprint density at radius 2 is 1.76 bits per heavy atom. The number of hydrogen-bond donors (Lipinski definition) is 2. The third-order valence-electron chi connectivity index (χ3n) is 7.76. The van der Waals surface area contributed by atoms with E-state index in [9.17, 15) is 37.5 Å². The number of aromatic hydroxyl groups is 1. The van der Waals surface area contributed by atoms with Crippen molar-refractivity contribution >= 4 is 52.2 Å². The van der Waals surface area contributed by atoms with E-state index in [-0.39, 0.29) is 30.3 Å². The quantitative estimate of drug-likeness (QED) is 0.240. The number of phenols is 1. The van der Waals surface area contributed by atoms with E-state index < -0.39 is 51.4 Å². The fourth-order valence-corrected chi connectivity index (χ4v) is 8.44. The van der Waals surface area contributed by atoms with E-state index in [2.05, 4.69) is 5.32 Å². The summed E-state index contributed by atoms with van der Waals surface area (Å²) in [5, 5.41) is 12.3. The van der Waals surface area contributed by atoms with Crippen LogP contribution in [-0.2, 0) is 27.1 Å². The minimum absolute atomic E-state index is 0.118. The standard InChI is InChI=1S/C32H26F3N3O6S2/c1-3-44-22-13-17(9-12-21(22)39)24-25-26(29(42)38(28(25)41)20-6-4-5-18(14-20)32(33,34)35)45-30-27(24)46-31(43)37(30)15-23(40)36-19-10-7-16(2)8-11-19/h4-14,24-26,39H,3,15H2,1-2H3,(H,36,40). The van der Waals surface area contributed by atoms with Crippen LogP contribution in [0.5, 0.6) is 11.5 Å². The Hall–Kier alpha value is -4.56. The summed E-state index contributed by atoms with van der Waals surface area (Å²) in [6, 6.07) is 15.5. The number of aromatic nitrogens is 1. The number of alkyl halides is 3. The molecule has 46 heavy (non-hydrogen) atoms. The number of carbonyl (C=O) groups is 3. The van der Waals surface area contributed by atoms with Crippen molar-refractivity contribution in [2.75, 3.05) is 16.8 Å². The topological polar surface area (TPSA) is 118 Å². The molecule has 3 amide bonds. The van der Waals surface area contributed by atoms with Gasteiger partial charge >= 0.3 is 11.0 Å². The number of amides is 3. The van der Waals surface area contributed by atoms with Gasteiger partial charge in [-0.2, -0.15) is 13.2 Å². The molecule has 0 aliphatic carbocycles. The molecule has 6 rings (SSSR count). The molecule has 3 unspecified atom stereocenters. The average Bonchev–Trinajstić information content (AvgIpc) is 3.45. The SMILES string of the molecule is CCOc1cc(C2c3sc(=O)n(CC(=O)Nc4ccc(C)cc4)c3SC3C(=O)N(c4cccc(C(F)(F)F)c4)C(=O)C32)ccc1O. The van der Waals surface area contributed by atoms with Crippen molar-refractivity contribution in [3.8, 4) is 11.5 Å². The molecule has 2 aliphatic rings. The van der Waals surface area contributed by atoms with E-state index in [1.807, 2.05) is 19.1 Å². The lowest BCUT2D eigenvalue weighted by Crippen LogP contribution is -2.33. The Morgan fingerprint density at radius 1 is 1.02 bits per heavy atom. The fourth-order valence-electron chi connectivity index (χ4n) is 5.67. The normalized spacial score (nSPS) is 19.2. The summed E-state index contributed by atoms with van der Waals surface area (Å²) in [4.78, 5) is 55.1. The molecule has 1 aromatic heterocycles. The van der Waals surface area contributed by atoms with Gasteiger partial charge < -0.3 is 15.2 Å². The van der Waals surface area contributed by atoms with Crippen LogP contribution in [0.15, 0.2) is 76.6 Å². The molecule has 0 saturated carbocycles. The van der Waals surface area contributed by atoms with Gasteiger partial charge in [0.05, 0.1) is 28.8 Å². The third-order valence-corrected chi connectivity index (χ3v) is 10.4. The molecule has 0 radical (unpaired) electrons. The van der Waals surface area contributed by atoms with E-state index in [0.717, 1.165) is 51.8 Å². The number of halogens is 3. The molecule has 3 heterocycles. The number of nitrogens with one attached hydrogen (secondary N) is 1. The first-order chi connectivity index (χ1) is 21.9. The van der Waals surface area contributed by atoms with Gasteiger partial charge in [0.1, 0.15) is 11.8 Å². The molecule has 4 aromatic rings. The Kier molecular flexibility index (Phi) is 8.19. The highest BCUT2D eigenvalue weighted by atomic mass is 32.2. The Bertz CT molecular complexity index is 1920. The van der Waals surface area contributed by atoms with Gasteiger partial charge in [-0.15, -0.1) is 0 Å². The monoisotopic (exact) mass is 669 g/mol. The minimum Gasteiger partial charge on any atom is -0.504 e. The molecule has 0 bridgehead atoms. The summed E-state index contributed by atoms with van der Waals surface area (Å²) in [6.07, 6.45) is -4.70. The minimum atomic E-state index is -4.70. The number of carbonyl (C=O) groups excluding carboxylic acids is 3. The van der Waals surface area contributed by atoms with Crippen molar-refractivity contribution in [2.24, 2.45) is 5.92 Å². The second-order valence-electron chi connectivity index (χ2n) is 10.8. The van der Waals surface area contributed by atoms with E-state index >= 15 is 0 Å². The summed E-state index contributed by atoms with van der Waals surface area (Å²) in [5.41, 5.74) is 0.728. The molecule has 3 aromatic carbocycles. The van der Waals surface area contributed by atoms with Crippen LogP contribution in [-0.4, -0.2) is 39.3 Å². The van der Waals surface area contributed by atoms with Crippen LogP contribution in [0.3, 0.4) is 0 Å². The van der Waals surface area contributed by atoms with Crippen LogP contribution in [0.25, 0.3) is 0 Å². The molecule has 1 saturated heterocycles. The number of thioether (sulfide) groups is 1. The van der Waals surface area contributed by atoms with Crippen molar-refractivity contribution in [2.45, 2.75) is 42.8 Å². The number of thiazole rings is 1. The molecule has 0 spiro atoms. The van der Waals surface area contributed by atoms with Crippen molar-refractivity contribution in [1.29, 1.82) is 0 Å². The maximum absolute atomic E-state index is 14.1. The second-order valence-corrected chi connectivity index (χ2v) is 12.9. The number of benzene rings is 3. The van der Waals surface area contributed by atoms with Crippen LogP contribution >= 0.6 is 23.1 Å². The van der Waals surface area contributed by atoms with Gasteiger partial charge in [0.25, 0.3) is 0 Å². The first-order valence-corrected chi connectivity index (χ1v) is 15.8. The lowest BCUT2D eigenvalue weighted by atomic mass is 9.83. The molecule has 2 N–H and O–H groups in total. The molecular formula is C32H26F3N3O6S2. The first-order valence-electron chi connectivity index (χ1n) is 14.1. The second kappa shape index (κ2) is 12.0. The summed E-state index contributed by atoms with van der Waals surface area (Å²) in [5.74, 6) is -4.02. The van der Waals surface area contributed by atoms with Gasteiger partial charge in [0.15, 0.2) is 11.5 Å². The lowest BCUT2D eigenvalue weighted by Gasteiger charge is -2.31. The summed E-state index contributed by atoms with van der Waals surface area (Å²) in [6.45, 7) is 3.46. The fraction of sp³-hybridized carbons (Fsp3) is 0.250. The molecule has 1 fully saturated rings. The number of rotatable bonds is 7. The maximum Gasteiger partial charge on any atom is 0.416 e. The third kappa shape index (κ3) is 5.66. The maximum atomic E-state index is 14.1. The number of aryl methyl sites for hydroxylation is 1. The molecule has 2 aliphatic heterocycles. The van der Waals surface area contributed by atoms with E-state index in [1.165, 1.54) is 22.8 Å². The number of imide groups is 1. The predicted molar refractivity (Wildman–Crippen MR) is 167 cm³/mol. The first kappa shape index (κ1) is 31.4. The van der Waals surface area contributed by atoms with Crippen LogP contribution in [0, 0.1) is 12.8 Å². The summed E-state index contributed by atoms with van der Waals surface area (Å²) >= 11 is 1.76. The number of fused-ring (bicyclic) bond motifs is 2. The summed E-state index contributed by atoms with van der Waals surface area (Å²) in [7, 11) is 0. The van der Waals surface area contributed by atoms with Gasteiger partial charge in [0, 0.05) is 16.5 Å². The molecular weight excluding hydrogens is 643 g/mol. The van der Waals surface area contributed by atoms with Gasteiger partial charge in [-0.3, -0.25) is 23.7 Å². The molecule has 14 heteroatoms. The number of anilines is 2. The van der Waals surface area contributed by atoms with Crippen LogP contribution in [0.4, 0.5) is 24.5 Å². The highest BCUT2D eigenvalue weighted by molar-refractivity contribution is 8.00. The number of ether oxygens (including phenoxy) is 1. The predicted octanol–water partition coefficient (Wildman–Crippen LogP) is 5.78. The van der Waals surface area contributed by atoms with Crippen molar-refractivity contribution in [1.82, 2.24) is 4.57 Å². The highest BCUT2D eigenvalue weighted by Crippen LogP contribution is 2.54. The zero-order valence-corrected chi connectivity index (χ0v) is 26.0. The molecule has 3 atom stereocenters. The largest absolute Gasteiger partial charge is 0.504 e. The Labute approximate surface area is 268 Å². The zero-order chi connectivity index (χ0) is 32.9. The van der Waals surface area contributed by atoms with E-state index in [0.29, 0.717) is 21.2 Å². The number of phenolic OH excluding ortho intramolecular Hbond substituents is 1. The number of nitrogens with zero attached hydrogens (tertiary/aromatic N) is 2. The van der Waals surface area contributed by atoms with Gasteiger partial charge in [-0.25, -0.2) is 4.90 Å². The van der Waals surface area contributed by atoms with E-state index in [1.54, 1.807) is 25.1 Å². The van der Waals surface area contributed by atoms with Crippen molar-refractivity contribution in [3.63, 3.8) is 0 Å². The van der Waals surface area contributed by atoms with Crippen molar-refractivity contribution < 1.29 is 37.4 Å². The summed E-state index contributed by atoms with van der Waals surface area (Å²) < 4.78 is 47.5. The Morgan fingerprint density at radius 3 is 2.46 bits per heavy atom. The van der Waals surface area contributed by atoms with Crippen molar-refractivity contribution in [3.05, 3.63) is 98.0 Å². The Balaban J connectivity index is 1.44. The van der Waals surface area contributed by atoms with Crippen LogP contribution in [0.1, 0.15) is 34.4 Å². The van der Waals surface area contributed by atoms with Gasteiger partial charge in [0.2, 0.25) is 17.7 Å². The van der Waals surface area contributed by atoms with Gasteiger partial charge in [-0.1, -0.05) is 52.9 Å². The smallest absolute Gasteiger partial charge is 0.416 e. The highest BCUT2D eigenvalue weighted by Gasteiger charge is 2.57. The number of hydrogen-bond acceptors (Lipinski definition) is 8. The van der Waals surface area contributed by atoms with Gasteiger partial charge in [-0.05, 0) is 61.9 Å². The zero-order valence-electron chi connectivity index (χ0n) is 24.3. The molecule has 9 nitrogen and oxygen atoms in total. The van der Waals surface area contributed by atoms with E-state index in [4.69, 9.17) is 4.74 Å². The van der Waals surface area contributed by atoms with Crippen LogP contribution < -0.4 is 19.8 Å².